The molecule has 0 unspecified atom stereocenters. The summed E-state index contributed by atoms with van der Waals surface area (Å²) < 4.78 is 15.2. The highest BCUT2D eigenvalue weighted by molar-refractivity contribution is 5.98. The molecule has 0 bridgehead atoms. The Morgan fingerprint density at radius 1 is 1.19 bits per heavy atom. The molecule has 0 aliphatic rings. The third-order valence-corrected chi connectivity index (χ3v) is 3.41. The summed E-state index contributed by atoms with van der Waals surface area (Å²) >= 11 is 0. The van der Waals surface area contributed by atoms with E-state index in [0.29, 0.717) is 23.6 Å². The Morgan fingerprint density at radius 3 is 2.77 bits per heavy atom. The van der Waals surface area contributed by atoms with Crippen LogP contribution in [0.2, 0.25) is 0 Å². The number of nitrogens with zero attached hydrogens (tertiary/aromatic N) is 1. The van der Waals surface area contributed by atoms with Gasteiger partial charge in [-0.3, -0.25) is 4.79 Å². The first-order chi connectivity index (χ1) is 12.6. The fraction of sp³-hybridized carbons (Fsp3) is 0.167. The summed E-state index contributed by atoms with van der Waals surface area (Å²) in [6.45, 7) is 1.69. The van der Waals surface area contributed by atoms with Crippen LogP contribution in [0.5, 0.6) is 0 Å². The number of benzene rings is 1. The predicted molar refractivity (Wildman–Crippen MR) is 92.6 cm³/mol. The largest absolute Gasteiger partial charge is 0.467 e. The molecule has 134 valence electrons. The first-order valence-corrected chi connectivity index (χ1v) is 7.87. The maximum atomic E-state index is 12.3. The predicted octanol–water partition coefficient (Wildman–Crippen LogP) is 2.98. The Bertz CT molecular complexity index is 886. The van der Waals surface area contributed by atoms with Gasteiger partial charge in [0.2, 0.25) is 0 Å². The van der Waals surface area contributed by atoms with Gasteiger partial charge in [-0.1, -0.05) is 17.3 Å². The molecule has 0 aliphatic carbocycles. The number of furan rings is 1. The molecule has 8 heteroatoms. The van der Waals surface area contributed by atoms with Crippen molar-refractivity contribution in [1.29, 1.82) is 0 Å². The normalized spacial score (nSPS) is 10.3. The van der Waals surface area contributed by atoms with Crippen LogP contribution in [0.3, 0.4) is 0 Å². The molecule has 0 aliphatic heterocycles. The van der Waals surface area contributed by atoms with E-state index in [1.807, 2.05) is 6.07 Å². The number of carbonyl (C=O) groups is 2. The smallest absolute Gasteiger partial charge is 0.340 e. The highest BCUT2D eigenvalue weighted by atomic mass is 16.5. The number of hydrogen-bond donors (Lipinski definition) is 2. The zero-order valence-electron chi connectivity index (χ0n) is 14.0. The molecule has 3 rings (SSSR count). The van der Waals surface area contributed by atoms with Crippen LogP contribution >= 0.6 is 0 Å². The van der Waals surface area contributed by atoms with E-state index < -0.39 is 18.5 Å². The number of hydrogen-bond acceptors (Lipinski definition) is 7. The number of rotatable bonds is 7. The number of carbonyl (C=O) groups excluding carboxylic acids is 2. The van der Waals surface area contributed by atoms with Gasteiger partial charge in [0, 0.05) is 11.8 Å². The van der Waals surface area contributed by atoms with E-state index in [9.17, 15) is 9.59 Å². The maximum Gasteiger partial charge on any atom is 0.340 e. The second-order valence-electron chi connectivity index (χ2n) is 5.43. The van der Waals surface area contributed by atoms with Crippen LogP contribution < -0.4 is 10.6 Å². The molecule has 2 aromatic heterocycles. The van der Waals surface area contributed by atoms with E-state index in [1.165, 1.54) is 0 Å². The van der Waals surface area contributed by atoms with Gasteiger partial charge in [0.05, 0.1) is 18.4 Å². The van der Waals surface area contributed by atoms with Crippen molar-refractivity contribution in [3.05, 3.63) is 65.8 Å². The van der Waals surface area contributed by atoms with Crippen molar-refractivity contribution in [1.82, 2.24) is 5.16 Å². The van der Waals surface area contributed by atoms with Crippen LogP contribution in [-0.2, 0) is 16.1 Å². The van der Waals surface area contributed by atoms with Gasteiger partial charge in [-0.05, 0) is 31.2 Å². The fourth-order valence-corrected chi connectivity index (χ4v) is 2.22. The molecule has 3 aromatic rings. The molecule has 0 atom stereocenters. The van der Waals surface area contributed by atoms with Gasteiger partial charge in [-0.15, -0.1) is 0 Å². The van der Waals surface area contributed by atoms with Gasteiger partial charge in [0.1, 0.15) is 11.5 Å². The third-order valence-electron chi connectivity index (χ3n) is 3.41. The Labute approximate surface area is 149 Å². The van der Waals surface area contributed by atoms with Crippen LogP contribution in [0.1, 0.15) is 21.9 Å². The summed E-state index contributed by atoms with van der Waals surface area (Å²) in [4.78, 5) is 24.1. The zero-order valence-corrected chi connectivity index (χ0v) is 14.0. The maximum absolute atomic E-state index is 12.3. The van der Waals surface area contributed by atoms with E-state index in [-0.39, 0.29) is 5.82 Å². The van der Waals surface area contributed by atoms with Gasteiger partial charge in [0.25, 0.3) is 5.91 Å². The fourth-order valence-electron chi connectivity index (χ4n) is 2.22. The lowest BCUT2D eigenvalue weighted by molar-refractivity contribution is -0.119. The lowest BCUT2D eigenvalue weighted by Gasteiger charge is -2.10. The number of anilines is 2. The topological polar surface area (TPSA) is 107 Å². The molecule has 0 fully saturated rings. The Kier molecular flexibility index (Phi) is 5.33. The zero-order chi connectivity index (χ0) is 18.4. The summed E-state index contributed by atoms with van der Waals surface area (Å²) in [5, 5.41) is 9.23. The molecule has 0 saturated heterocycles. The van der Waals surface area contributed by atoms with Gasteiger partial charge < -0.3 is 24.3 Å². The molecule has 2 N–H and O–H groups in total. The molecule has 0 radical (unpaired) electrons. The lowest BCUT2D eigenvalue weighted by Crippen LogP contribution is -2.21. The summed E-state index contributed by atoms with van der Waals surface area (Å²) in [6.07, 6.45) is 1.58. The lowest BCUT2D eigenvalue weighted by atomic mass is 10.2. The number of esters is 1. The molecule has 0 saturated carbocycles. The third kappa shape index (κ3) is 4.50. The molecule has 2 heterocycles. The van der Waals surface area contributed by atoms with E-state index in [0.717, 1.165) is 5.76 Å². The quantitative estimate of drug-likeness (QED) is 0.627. The summed E-state index contributed by atoms with van der Waals surface area (Å²) in [5.41, 5.74) is 0.908. The van der Waals surface area contributed by atoms with Crippen molar-refractivity contribution in [2.75, 3.05) is 17.2 Å². The monoisotopic (exact) mass is 355 g/mol. The van der Waals surface area contributed by atoms with Gasteiger partial charge in [0.15, 0.2) is 12.4 Å². The van der Waals surface area contributed by atoms with Crippen LogP contribution in [0.25, 0.3) is 0 Å². The number of aromatic nitrogens is 1. The molecule has 8 nitrogen and oxygen atoms in total. The molecular formula is C18H17N3O5. The summed E-state index contributed by atoms with van der Waals surface area (Å²) in [5.74, 6) is 0.445. The number of amides is 1. The minimum Gasteiger partial charge on any atom is -0.467 e. The second-order valence-corrected chi connectivity index (χ2v) is 5.43. The average molecular weight is 355 g/mol. The van der Waals surface area contributed by atoms with Crippen molar-refractivity contribution < 1.29 is 23.3 Å². The molecule has 1 amide bonds. The van der Waals surface area contributed by atoms with Crippen molar-refractivity contribution in [3.63, 3.8) is 0 Å². The highest BCUT2D eigenvalue weighted by Crippen LogP contribution is 2.17. The number of para-hydroxylation sites is 1. The van der Waals surface area contributed by atoms with Crippen LogP contribution in [-0.4, -0.2) is 23.6 Å². The Hall–Kier alpha value is -3.55. The minimum atomic E-state index is -0.612. The van der Waals surface area contributed by atoms with Gasteiger partial charge >= 0.3 is 5.97 Å². The van der Waals surface area contributed by atoms with E-state index in [2.05, 4.69) is 15.8 Å². The molecule has 1 aromatic carbocycles. The SMILES string of the molecule is Cc1cc(NC(=O)COC(=O)c2ccccc2NCc2ccco2)no1. The first kappa shape index (κ1) is 17.3. The molecule has 26 heavy (non-hydrogen) atoms. The van der Waals surface area contributed by atoms with Gasteiger partial charge in [-0.25, -0.2) is 4.79 Å². The van der Waals surface area contributed by atoms with E-state index in [4.69, 9.17) is 13.7 Å². The van der Waals surface area contributed by atoms with Crippen molar-refractivity contribution in [2.24, 2.45) is 0 Å². The van der Waals surface area contributed by atoms with Crippen LogP contribution in [0, 0.1) is 6.92 Å². The minimum absolute atomic E-state index is 0.268. The first-order valence-electron chi connectivity index (χ1n) is 7.87. The van der Waals surface area contributed by atoms with Gasteiger partial charge in [-0.2, -0.15) is 0 Å². The van der Waals surface area contributed by atoms with Crippen LogP contribution in [0.15, 0.2) is 57.7 Å². The Balaban J connectivity index is 1.56. The van der Waals surface area contributed by atoms with Crippen molar-refractivity contribution >= 4 is 23.4 Å². The second kappa shape index (κ2) is 8.02. The average Bonchev–Trinajstić information content (AvgIpc) is 3.30. The number of aryl methyl sites for hydroxylation is 1. The van der Waals surface area contributed by atoms with Crippen LogP contribution in [0.4, 0.5) is 11.5 Å². The summed E-state index contributed by atoms with van der Waals surface area (Å²) in [6, 6.07) is 12.0. The molecule has 0 spiro atoms. The van der Waals surface area contributed by atoms with E-state index in [1.54, 1.807) is 49.6 Å². The van der Waals surface area contributed by atoms with Crippen molar-refractivity contribution in [2.45, 2.75) is 13.5 Å². The summed E-state index contributed by atoms with van der Waals surface area (Å²) in [7, 11) is 0. The molecular weight excluding hydrogens is 338 g/mol. The van der Waals surface area contributed by atoms with Crippen molar-refractivity contribution in [3.8, 4) is 0 Å². The standard InChI is InChI=1S/C18H17N3O5/c1-12-9-16(21-26-12)20-17(22)11-25-18(23)14-6-2-3-7-15(14)19-10-13-5-4-8-24-13/h2-9,19H,10-11H2,1H3,(H,20,21,22). The Morgan fingerprint density at radius 2 is 2.04 bits per heavy atom. The number of nitrogens with one attached hydrogen (secondary N) is 2. The van der Waals surface area contributed by atoms with E-state index >= 15 is 0 Å². The number of ether oxygens (including phenoxy) is 1. The highest BCUT2D eigenvalue weighted by Gasteiger charge is 2.15.